The van der Waals surface area contributed by atoms with Gasteiger partial charge in [0.15, 0.2) is 5.65 Å². The molecular weight excluding hydrogens is 358 g/mol. The van der Waals surface area contributed by atoms with E-state index in [4.69, 9.17) is 4.42 Å². The number of pyridine rings is 1. The Bertz CT molecular complexity index is 1070. The number of carbonyl (C=O) groups is 1. The largest absolute Gasteiger partial charge is 0.451 e. The second-order valence-corrected chi connectivity index (χ2v) is 8.34. The van der Waals surface area contributed by atoms with E-state index >= 15 is 0 Å². The molecule has 3 aromatic rings. The highest BCUT2D eigenvalue weighted by atomic mass is 32.2. The fourth-order valence-corrected chi connectivity index (χ4v) is 3.14. The van der Waals surface area contributed by atoms with Crippen LogP contribution in [0.4, 0.5) is 5.69 Å². The highest BCUT2D eigenvalue weighted by Gasteiger charge is 2.23. The molecule has 138 valence electrons. The zero-order valence-corrected chi connectivity index (χ0v) is 15.6. The Morgan fingerprint density at radius 3 is 2.65 bits per heavy atom. The van der Waals surface area contributed by atoms with E-state index in [1.54, 1.807) is 22.7 Å². The predicted molar refractivity (Wildman–Crippen MR) is 94.6 cm³/mol. The van der Waals surface area contributed by atoms with Gasteiger partial charge in [-0.2, -0.15) is 0 Å². The van der Waals surface area contributed by atoms with Crippen LogP contribution in [0.1, 0.15) is 35.9 Å². The van der Waals surface area contributed by atoms with Crippen LogP contribution in [0.15, 0.2) is 40.2 Å². The Morgan fingerprint density at radius 1 is 1.27 bits per heavy atom. The average molecular weight is 377 g/mol. The van der Waals surface area contributed by atoms with Gasteiger partial charge in [0.25, 0.3) is 15.9 Å². The molecule has 0 aliphatic carbocycles. The zero-order valence-electron chi connectivity index (χ0n) is 14.8. The Kier molecular flexibility index (Phi) is 4.55. The van der Waals surface area contributed by atoms with Crippen LogP contribution in [0.3, 0.4) is 0 Å². The van der Waals surface area contributed by atoms with E-state index in [0.717, 1.165) is 16.4 Å². The van der Waals surface area contributed by atoms with Crippen LogP contribution < -0.4 is 5.32 Å². The van der Waals surface area contributed by atoms with Crippen molar-refractivity contribution in [3.63, 3.8) is 0 Å². The van der Waals surface area contributed by atoms with Gasteiger partial charge in [-0.1, -0.05) is 13.8 Å². The summed E-state index contributed by atoms with van der Waals surface area (Å²) in [5.41, 5.74) is 1.31. The molecule has 0 atom stereocenters. The van der Waals surface area contributed by atoms with Gasteiger partial charge in [-0.3, -0.25) is 9.20 Å². The summed E-state index contributed by atoms with van der Waals surface area (Å²) < 4.78 is 31.9. The third-order valence-electron chi connectivity index (χ3n) is 3.78. The number of sulfonamides is 1. The van der Waals surface area contributed by atoms with E-state index in [1.165, 1.54) is 20.2 Å². The van der Waals surface area contributed by atoms with E-state index in [2.05, 4.69) is 15.5 Å². The molecule has 3 rings (SSSR count). The van der Waals surface area contributed by atoms with Gasteiger partial charge in [-0.25, -0.2) is 12.7 Å². The maximum absolute atomic E-state index is 12.4. The molecule has 3 aromatic heterocycles. The maximum Gasteiger partial charge on any atom is 0.275 e. The van der Waals surface area contributed by atoms with Crippen LogP contribution in [-0.2, 0) is 10.0 Å². The van der Waals surface area contributed by atoms with E-state index in [0.29, 0.717) is 11.3 Å². The van der Waals surface area contributed by atoms with Gasteiger partial charge in [-0.15, -0.1) is 10.2 Å². The standard InChI is InChI=1S/C16H19N5O4S/c1-10(2)15-19-18-13-6-5-12(8-21(13)15)17-16(22)11-7-14(25-9-11)26(23,24)20(3)4/h5-10H,1-4H3,(H,17,22). The SMILES string of the molecule is CC(C)c1nnc2ccc(NC(=O)c3coc(S(=O)(=O)N(C)C)c3)cn12. The Hall–Kier alpha value is -2.72. The summed E-state index contributed by atoms with van der Waals surface area (Å²) in [7, 11) is -0.958. The first-order valence-corrected chi connectivity index (χ1v) is 9.31. The molecule has 0 radical (unpaired) electrons. The molecule has 1 amide bonds. The number of hydrogen-bond acceptors (Lipinski definition) is 6. The molecule has 0 aromatic carbocycles. The summed E-state index contributed by atoms with van der Waals surface area (Å²) in [6.07, 6.45) is 2.84. The van der Waals surface area contributed by atoms with Crippen molar-refractivity contribution in [3.05, 3.63) is 42.0 Å². The second-order valence-electron chi connectivity index (χ2n) is 6.25. The number of aromatic nitrogens is 3. The van der Waals surface area contributed by atoms with Crippen molar-refractivity contribution in [1.29, 1.82) is 0 Å². The number of fused-ring (bicyclic) bond motifs is 1. The minimum absolute atomic E-state index is 0.110. The van der Waals surface area contributed by atoms with Gasteiger partial charge in [0, 0.05) is 32.3 Å². The van der Waals surface area contributed by atoms with Crippen molar-refractivity contribution >= 4 is 27.3 Å². The Morgan fingerprint density at radius 2 is 2.00 bits per heavy atom. The van der Waals surface area contributed by atoms with Crippen LogP contribution in [0.2, 0.25) is 0 Å². The third kappa shape index (κ3) is 3.20. The van der Waals surface area contributed by atoms with Gasteiger partial charge >= 0.3 is 0 Å². The molecule has 0 aliphatic heterocycles. The van der Waals surface area contributed by atoms with Gasteiger partial charge < -0.3 is 9.73 Å². The highest BCUT2D eigenvalue weighted by Crippen LogP contribution is 2.20. The van der Waals surface area contributed by atoms with Crippen molar-refractivity contribution in [1.82, 2.24) is 18.9 Å². The Balaban J connectivity index is 1.86. The lowest BCUT2D eigenvalue weighted by atomic mass is 10.2. The average Bonchev–Trinajstić information content (AvgIpc) is 3.21. The lowest BCUT2D eigenvalue weighted by Gasteiger charge is -2.07. The first-order chi connectivity index (χ1) is 12.2. The van der Waals surface area contributed by atoms with E-state index in [-0.39, 0.29) is 16.6 Å². The van der Waals surface area contributed by atoms with Crippen molar-refractivity contribution in [2.75, 3.05) is 19.4 Å². The van der Waals surface area contributed by atoms with Gasteiger partial charge in [0.2, 0.25) is 5.09 Å². The molecule has 0 bridgehead atoms. The van der Waals surface area contributed by atoms with E-state index in [9.17, 15) is 13.2 Å². The number of rotatable bonds is 5. The monoisotopic (exact) mass is 377 g/mol. The van der Waals surface area contributed by atoms with Crippen LogP contribution in [0.5, 0.6) is 0 Å². The second kappa shape index (κ2) is 6.54. The minimum Gasteiger partial charge on any atom is -0.451 e. The van der Waals surface area contributed by atoms with Crippen molar-refractivity contribution < 1.29 is 17.6 Å². The molecule has 0 fully saturated rings. The first-order valence-electron chi connectivity index (χ1n) is 7.87. The van der Waals surface area contributed by atoms with Gasteiger partial charge in [-0.05, 0) is 12.1 Å². The van der Waals surface area contributed by atoms with Gasteiger partial charge in [0.05, 0.1) is 11.3 Å². The molecule has 26 heavy (non-hydrogen) atoms. The zero-order chi connectivity index (χ0) is 19.1. The number of amides is 1. The lowest BCUT2D eigenvalue weighted by molar-refractivity contribution is 0.102. The maximum atomic E-state index is 12.4. The summed E-state index contributed by atoms with van der Waals surface area (Å²) in [5.74, 6) is 0.467. The highest BCUT2D eigenvalue weighted by molar-refractivity contribution is 7.88. The number of anilines is 1. The van der Waals surface area contributed by atoms with Crippen molar-refractivity contribution in [3.8, 4) is 0 Å². The van der Waals surface area contributed by atoms with E-state index < -0.39 is 15.9 Å². The van der Waals surface area contributed by atoms with E-state index in [1.807, 2.05) is 13.8 Å². The molecule has 0 aliphatic rings. The summed E-state index contributed by atoms with van der Waals surface area (Å²) >= 11 is 0. The van der Waals surface area contributed by atoms with Crippen LogP contribution in [0.25, 0.3) is 5.65 Å². The topological polar surface area (TPSA) is 110 Å². The molecule has 3 heterocycles. The fourth-order valence-electron chi connectivity index (χ4n) is 2.33. The fraction of sp³-hybridized carbons (Fsp3) is 0.312. The molecular formula is C16H19N5O4S. The first kappa shape index (κ1) is 18.1. The summed E-state index contributed by atoms with van der Waals surface area (Å²) in [6, 6.07) is 4.64. The lowest BCUT2D eigenvalue weighted by Crippen LogP contribution is -2.21. The van der Waals surface area contributed by atoms with Crippen LogP contribution >= 0.6 is 0 Å². The molecule has 0 saturated heterocycles. The third-order valence-corrected chi connectivity index (χ3v) is 5.46. The quantitative estimate of drug-likeness (QED) is 0.728. The molecule has 0 unspecified atom stereocenters. The smallest absolute Gasteiger partial charge is 0.275 e. The molecule has 10 heteroatoms. The normalized spacial score (nSPS) is 12.2. The summed E-state index contributed by atoms with van der Waals surface area (Å²) in [4.78, 5) is 12.4. The number of furan rings is 1. The number of nitrogens with zero attached hydrogens (tertiary/aromatic N) is 4. The van der Waals surface area contributed by atoms with Crippen LogP contribution in [0, 0.1) is 0 Å². The van der Waals surface area contributed by atoms with Crippen LogP contribution in [-0.4, -0.2) is 47.3 Å². The summed E-state index contributed by atoms with van der Waals surface area (Å²) in [6.45, 7) is 4.00. The van der Waals surface area contributed by atoms with Crippen molar-refractivity contribution in [2.24, 2.45) is 0 Å². The molecule has 0 spiro atoms. The minimum atomic E-state index is -3.73. The molecule has 9 nitrogen and oxygen atoms in total. The summed E-state index contributed by atoms with van der Waals surface area (Å²) in [5, 5.41) is 10.6. The predicted octanol–water partition coefficient (Wildman–Crippen LogP) is 1.95. The number of carbonyl (C=O) groups excluding carboxylic acids is 1. The molecule has 1 N–H and O–H groups in total. The molecule has 0 saturated carbocycles. The number of hydrogen-bond donors (Lipinski definition) is 1. The Labute approximate surface area is 150 Å². The number of nitrogens with one attached hydrogen (secondary N) is 1. The van der Waals surface area contributed by atoms with Gasteiger partial charge in [0.1, 0.15) is 12.1 Å². The van der Waals surface area contributed by atoms with Crippen molar-refractivity contribution in [2.45, 2.75) is 24.9 Å².